The Morgan fingerprint density at radius 2 is 1.83 bits per heavy atom. The molecule has 0 bridgehead atoms. The lowest BCUT2D eigenvalue weighted by molar-refractivity contribution is -0.0454. The van der Waals surface area contributed by atoms with E-state index >= 15 is 0 Å². The van der Waals surface area contributed by atoms with Crippen molar-refractivity contribution in [1.82, 2.24) is 4.90 Å². The van der Waals surface area contributed by atoms with Gasteiger partial charge >= 0.3 is 0 Å². The molecule has 2 atom stereocenters. The van der Waals surface area contributed by atoms with Crippen LogP contribution in [-0.2, 0) is 0 Å². The van der Waals surface area contributed by atoms with E-state index in [1.165, 1.54) is 6.42 Å². The van der Waals surface area contributed by atoms with Crippen molar-refractivity contribution in [2.45, 2.75) is 58.2 Å². The summed E-state index contributed by atoms with van der Waals surface area (Å²) >= 11 is 0. The molecule has 2 saturated carbocycles. The van der Waals surface area contributed by atoms with Gasteiger partial charge in [0.2, 0.25) is 0 Å². The molecule has 0 spiro atoms. The zero-order valence-electron chi connectivity index (χ0n) is 12.1. The molecule has 2 unspecified atom stereocenters. The van der Waals surface area contributed by atoms with Gasteiger partial charge in [-0.2, -0.15) is 0 Å². The fraction of sp³-hybridized carbons (Fsp3) is 1.00. The zero-order chi connectivity index (χ0) is 13.3. The van der Waals surface area contributed by atoms with Crippen molar-refractivity contribution in [2.24, 2.45) is 17.3 Å². The van der Waals surface area contributed by atoms with Crippen LogP contribution in [0.2, 0.25) is 0 Å². The largest absolute Gasteiger partial charge is 0.393 e. The Labute approximate surface area is 111 Å². The lowest BCUT2D eigenvalue weighted by Crippen LogP contribution is -2.46. The molecule has 3 heteroatoms. The highest BCUT2D eigenvalue weighted by molar-refractivity contribution is 4.89. The first kappa shape index (κ1) is 14.3. The van der Waals surface area contributed by atoms with Crippen LogP contribution in [0, 0.1) is 17.3 Å². The quantitative estimate of drug-likeness (QED) is 0.806. The molecule has 0 heterocycles. The Bertz CT molecular complexity index is 274. The van der Waals surface area contributed by atoms with Gasteiger partial charge in [0.05, 0.1) is 12.2 Å². The van der Waals surface area contributed by atoms with E-state index in [4.69, 9.17) is 0 Å². The number of hydrogen-bond acceptors (Lipinski definition) is 3. The number of aliphatic hydroxyl groups excluding tert-OH is 2. The third-order valence-electron chi connectivity index (χ3n) is 4.97. The fourth-order valence-corrected chi connectivity index (χ4v) is 3.72. The molecule has 0 aromatic rings. The maximum atomic E-state index is 10.4. The Hall–Kier alpha value is -0.120. The second-order valence-electron chi connectivity index (χ2n) is 7.30. The molecule has 0 aliphatic heterocycles. The molecule has 0 radical (unpaired) electrons. The molecule has 2 aliphatic rings. The van der Waals surface area contributed by atoms with Crippen LogP contribution in [0.1, 0.15) is 46.0 Å². The highest BCUT2D eigenvalue weighted by atomic mass is 16.3. The summed E-state index contributed by atoms with van der Waals surface area (Å²) in [6, 6.07) is 0. The van der Waals surface area contributed by atoms with Gasteiger partial charge in [0.1, 0.15) is 0 Å². The summed E-state index contributed by atoms with van der Waals surface area (Å²) in [7, 11) is 2.15. The van der Waals surface area contributed by atoms with Crippen LogP contribution < -0.4 is 0 Å². The second-order valence-corrected chi connectivity index (χ2v) is 7.30. The van der Waals surface area contributed by atoms with Crippen molar-refractivity contribution in [2.75, 3.05) is 20.1 Å². The van der Waals surface area contributed by atoms with Crippen molar-refractivity contribution >= 4 is 0 Å². The average Bonchev–Trinajstić information content (AvgIpc) is 2.22. The maximum absolute atomic E-state index is 10.4. The van der Waals surface area contributed by atoms with Crippen molar-refractivity contribution in [1.29, 1.82) is 0 Å². The summed E-state index contributed by atoms with van der Waals surface area (Å²) in [5.41, 5.74) is 0.0798. The predicted molar refractivity (Wildman–Crippen MR) is 73.4 cm³/mol. The standard InChI is InChI=1S/C15H29NO2/c1-15(2)6-4-5-12(14(15)18)10-16(3)9-11-7-13(17)8-11/h11-14,17-18H,4-10H2,1-3H3. The van der Waals surface area contributed by atoms with E-state index in [0.29, 0.717) is 11.8 Å². The minimum Gasteiger partial charge on any atom is -0.393 e. The molecule has 0 saturated heterocycles. The molecular weight excluding hydrogens is 226 g/mol. The predicted octanol–water partition coefficient (Wildman–Crippen LogP) is 1.88. The molecule has 2 fully saturated rings. The summed E-state index contributed by atoms with van der Waals surface area (Å²) in [5.74, 6) is 1.09. The molecular formula is C15H29NO2. The third kappa shape index (κ3) is 3.25. The topological polar surface area (TPSA) is 43.7 Å². The molecule has 3 nitrogen and oxygen atoms in total. The highest BCUT2D eigenvalue weighted by Gasteiger charge is 2.38. The van der Waals surface area contributed by atoms with Crippen LogP contribution in [-0.4, -0.2) is 47.5 Å². The smallest absolute Gasteiger partial charge is 0.0631 e. The summed E-state index contributed by atoms with van der Waals surface area (Å²) in [6.45, 7) is 6.44. The van der Waals surface area contributed by atoms with Gasteiger partial charge in [-0.05, 0) is 50.0 Å². The summed E-state index contributed by atoms with van der Waals surface area (Å²) in [6.07, 6.45) is 5.24. The highest BCUT2D eigenvalue weighted by Crippen LogP contribution is 2.39. The minimum atomic E-state index is -0.166. The monoisotopic (exact) mass is 255 g/mol. The molecule has 2 N–H and O–H groups in total. The number of rotatable bonds is 4. The average molecular weight is 255 g/mol. The molecule has 18 heavy (non-hydrogen) atoms. The number of nitrogens with zero attached hydrogens (tertiary/aromatic N) is 1. The molecule has 0 aromatic carbocycles. The number of hydrogen-bond donors (Lipinski definition) is 2. The van der Waals surface area contributed by atoms with Crippen molar-refractivity contribution in [3.8, 4) is 0 Å². The van der Waals surface area contributed by atoms with Gasteiger partial charge in [-0.15, -0.1) is 0 Å². The van der Waals surface area contributed by atoms with Crippen LogP contribution in [0.5, 0.6) is 0 Å². The number of aliphatic hydroxyl groups is 2. The van der Waals surface area contributed by atoms with Crippen LogP contribution >= 0.6 is 0 Å². The Kier molecular flexibility index (Phi) is 4.35. The van der Waals surface area contributed by atoms with Gasteiger partial charge < -0.3 is 15.1 Å². The zero-order valence-corrected chi connectivity index (χ0v) is 12.1. The first-order valence-electron chi connectivity index (χ1n) is 7.43. The Morgan fingerprint density at radius 3 is 2.44 bits per heavy atom. The van der Waals surface area contributed by atoms with Crippen LogP contribution in [0.15, 0.2) is 0 Å². The normalized spacial score (nSPS) is 39.7. The lowest BCUT2D eigenvalue weighted by Gasteiger charge is -2.43. The van der Waals surface area contributed by atoms with Gasteiger partial charge in [-0.25, -0.2) is 0 Å². The van der Waals surface area contributed by atoms with Crippen LogP contribution in [0.3, 0.4) is 0 Å². The molecule has 2 aliphatic carbocycles. The van der Waals surface area contributed by atoms with E-state index < -0.39 is 0 Å². The van der Waals surface area contributed by atoms with Gasteiger partial charge in [-0.3, -0.25) is 0 Å². The van der Waals surface area contributed by atoms with Gasteiger partial charge in [0, 0.05) is 13.1 Å². The Morgan fingerprint density at radius 1 is 1.17 bits per heavy atom. The van der Waals surface area contributed by atoms with E-state index in [-0.39, 0.29) is 17.6 Å². The molecule has 0 amide bonds. The SMILES string of the molecule is CN(CC1CC(O)C1)CC1CCCC(C)(C)C1O. The second kappa shape index (κ2) is 5.48. The van der Waals surface area contributed by atoms with Crippen LogP contribution in [0.25, 0.3) is 0 Å². The summed E-state index contributed by atoms with van der Waals surface area (Å²) in [5, 5.41) is 19.7. The summed E-state index contributed by atoms with van der Waals surface area (Å²) < 4.78 is 0. The third-order valence-corrected chi connectivity index (χ3v) is 4.97. The Balaban J connectivity index is 1.77. The molecule has 0 aromatic heterocycles. The molecule has 2 rings (SSSR count). The lowest BCUT2D eigenvalue weighted by atomic mass is 9.69. The van der Waals surface area contributed by atoms with Gasteiger partial charge in [0.25, 0.3) is 0 Å². The molecule has 106 valence electrons. The maximum Gasteiger partial charge on any atom is 0.0631 e. The van der Waals surface area contributed by atoms with Crippen molar-refractivity contribution < 1.29 is 10.2 Å². The summed E-state index contributed by atoms with van der Waals surface area (Å²) in [4.78, 5) is 2.35. The van der Waals surface area contributed by atoms with Gasteiger partial charge in [0.15, 0.2) is 0 Å². The van der Waals surface area contributed by atoms with E-state index in [1.807, 2.05) is 0 Å². The van der Waals surface area contributed by atoms with E-state index in [0.717, 1.165) is 38.8 Å². The minimum absolute atomic E-state index is 0.0531. The fourth-order valence-electron chi connectivity index (χ4n) is 3.72. The van der Waals surface area contributed by atoms with Crippen LogP contribution in [0.4, 0.5) is 0 Å². The van der Waals surface area contributed by atoms with Crippen molar-refractivity contribution in [3.63, 3.8) is 0 Å². The first-order chi connectivity index (χ1) is 8.38. The first-order valence-corrected chi connectivity index (χ1v) is 7.43. The van der Waals surface area contributed by atoms with E-state index in [9.17, 15) is 10.2 Å². The van der Waals surface area contributed by atoms with Crippen molar-refractivity contribution in [3.05, 3.63) is 0 Å². The van der Waals surface area contributed by atoms with E-state index in [1.54, 1.807) is 0 Å². The van der Waals surface area contributed by atoms with E-state index in [2.05, 4.69) is 25.8 Å². The van der Waals surface area contributed by atoms with Gasteiger partial charge in [-0.1, -0.05) is 20.3 Å².